The first-order valence-electron chi connectivity index (χ1n) is 13.2. The zero-order valence-corrected chi connectivity index (χ0v) is 21.6. The molecule has 194 valence electrons. The second-order valence-electron chi connectivity index (χ2n) is 10.6. The van der Waals surface area contributed by atoms with E-state index < -0.39 is 0 Å². The average molecular weight is 486 g/mol. The Morgan fingerprint density at radius 2 is 1.97 bits per heavy atom. The molecule has 0 amide bonds. The molecule has 3 aliphatic rings. The van der Waals surface area contributed by atoms with Crippen LogP contribution in [0.1, 0.15) is 58.1 Å². The summed E-state index contributed by atoms with van der Waals surface area (Å²) in [5.74, 6) is 2.46. The number of nitrogens with one attached hydrogen (secondary N) is 4. The molecule has 0 aromatic carbocycles. The predicted molar refractivity (Wildman–Crippen MR) is 140 cm³/mol. The summed E-state index contributed by atoms with van der Waals surface area (Å²) in [7, 11) is 1.76. The average Bonchev–Trinajstić information content (AvgIpc) is 2.88. The standard InChI is InChI=1S/C26H43N7O2/c1-19(15-34-3)33-21-6-4-20(5-7-21)14-27-24-12-22(29-17-31-24)23-13-25(32-18-30-23)28-16-26(2)8-10-35-11-9-26/h12-13,18-21,29,33H,4-11,14-17H2,1-3H3,(H,27,31)(H,28,30,32)/t19-,20?,21?/m1/s1. The molecule has 0 bridgehead atoms. The first-order valence-corrected chi connectivity index (χ1v) is 13.2. The SMILES string of the molecule is COC[C@@H](C)NC1CCC(CNC2=NCNC(c3cc(NCC4(C)CCOCC4)ncn3)=C2)CC1. The van der Waals surface area contributed by atoms with Crippen molar-refractivity contribution in [3.05, 3.63) is 24.2 Å². The number of amidine groups is 1. The zero-order valence-electron chi connectivity index (χ0n) is 21.6. The van der Waals surface area contributed by atoms with Gasteiger partial charge in [0, 0.05) is 57.6 Å². The highest BCUT2D eigenvalue weighted by molar-refractivity contribution is 5.99. The molecule has 4 N–H and O–H groups in total. The lowest BCUT2D eigenvalue weighted by Gasteiger charge is -2.33. The van der Waals surface area contributed by atoms with E-state index in [4.69, 9.17) is 9.47 Å². The van der Waals surface area contributed by atoms with Crippen LogP contribution in [0.2, 0.25) is 0 Å². The predicted octanol–water partition coefficient (Wildman–Crippen LogP) is 2.78. The van der Waals surface area contributed by atoms with Crippen molar-refractivity contribution in [2.24, 2.45) is 16.3 Å². The highest BCUT2D eigenvalue weighted by Crippen LogP contribution is 2.30. The van der Waals surface area contributed by atoms with E-state index in [1.807, 2.05) is 6.07 Å². The van der Waals surface area contributed by atoms with Crippen LogP contribution in [0.15, 0.2) is 23.5 Å². The van der Waals surface area contributed by atoms with Gasteiger partial charge in [-0.15, -0.1) is 0 Å². The molecule has 2 aliphatic heterocycles. The van der Waals surface area contributed by atoms with Crippen LogP contribution >= 0.6 is 0 Å². The maximum Gasteiger partial charge on any atom is 0.130 e. The Morgan fingerprint density at radius 1 is 1.17 bits per heavy atom. The number of anilines is 1. The van der Waals surface area contributed by atoms with Crippen LogP contribution in [-0.2, 0) is 9.47 Å². The van der Waals surface area contributed by atoms with Crippen LogP contribution in [0, 0.1) is 11.3 Å². The van der Waals surface area contributed by atoms with E-state index in [9.17, 15) is 0 Å². The summed E-state index contributed by atoms with van der Waals surface area (Å²) in [6, 6.07) is 3.03. The summed E-state index contributed by atoms with van der Waals surface area (Å²) >= 11 is 0. The van der Waals surface area contributed by atoms with Crippen molar-refractivity contribution < 1.29 is 9.47 Å². The molecular formula is C26H43N7O2. The van der Waals surface area contributed by atoms with Crippen molar-refractivity contribution in [1.82, 2.24) is 25.9 Å². The van der Waals surface area contributed by atoms with Crippen molar-refractivity contribution in [2.75, 3.05) is 52.0 Å². The van der Waals surface area contributed by atoms with Crippen LogP contribution in [0.4, 0.5) is 5.82 Å². The molecule has 0 unspecified atom stereocenters. The van der Waals surface area contributed by atoms with Gasteiger partial charge in [-0.2, -0.15) is 0 Å². The van der Waals surface area contributed by atoms with Crippen molar-refractivity contribution in [3.63, 3.8) is 0 Å². The second-order valence-corrected chi connectivity index (χ2v) is 10.6. The third kappa shape index (κ3) is 7.88. The van der Waals surface area contributed by atoms with Gasteiger partial charge in [0.15, 0.2) is 0 Å². The van der Waals surface area contributed by atoms with E-state index in [0.29, 0.717) is 24.7 Å². The van der Waals surface area contributed by atoms with Gasteiger partial charge in [0.2, 0.25) is 0 Å². The molecule has 9 heteroatoms. The number of aromatic nitrogens is 2. The number of aliphatic imine (C=N–C) groups is 1. The molecular weight excluding hydrogens is 442 g/mol. The quantitative estimate of drug-likeness (QED) is 0.401. The monoisotopic (exact) mass is 485 g/mol. The minimum Gasteiger partial charge on any atom is -0.383 e. The van der Waals surface area contributed by atoms with Gasteiger partial charge in [-0.25, -0.2) is 15.0 Å². The van der Waals surface area contributed by atoms with Gasteiger partial charge < -0.3 is 30.7 Å². The fourth-order valence-corrected chi connectivity index (χ4v) is 5.14. The van der Waals surface area contributed by atoms with E-state index >= 15 is 0 Å². The Kier molecular flexibility index (Phi) is 9.34. The molecule has 2 fully saturated rings. The van der Waals surface area contributed by atoms with Gasteiger partial charge in [0.1, 0.15) is 24.6 Å². The summed E-state index contributed by atoms with van der Waals surface area (Å²) in [5.41, 5.74) is 2.10. The molecule has 0 radical (unpaired) electrons. The lowest BCUT2D eigenvalue weighted by atomic mass is 9.82. The molecule has 0 spiro atoms. The number of ether oxygens (including phenoxy) is 2. The molecule has 35 heavy (non-hydrogen) atoms. The Bertz CT molecular complexity index is 861. The first-order chi connectivity index (χ1) is 17.0. The van der Waals surface area contributed by atoms with Gasteiger partial charge in [0.25, 0.3) is 0 Å². The third-order valence-electron chi connectivity index (χ3n) is 7.49. The van der Waals surface area contributed by atoms with Crippen LogP contribution in [0.25, 0.3) is 5.70 Å². The topological polar surface area (TPSA) is 105 Å². The molecule has 4 rings (SSSR count). The molecule has 1 aromatic rings. The van der Waals surface area contributed by atoms with Crippen molar-refractivity contribution in [1.29, 1.82) is 0 Å². The Hall–Kier alpha value is -2.23. The smallest absolute Gasteiger partial charge is 0.130 e. The maximum atomic E-state index is 5.52. The summed E-state index contributed by atoms with van der Waals surface area (Å²) in [4.78, 5) is 13.6. The Balaban J connectivity index is 1.25. The number of rotatable bonds is 10. The van der Waals surface area contributed by atoms with E-state index in [-0.39, 0.29) is 5.41 Å². The molecule has 1 saturated heterocycles. The molecule has 1 aliphatic carbocycles. The Morgan fingerprint density at radius 3 is 2.74 bits per heavy atom. The number of methoxy groups -OCH3 is 1. The van der Waals surface area contributed by atoms with Crippen molar-refractivity contribution >= 4 is 17.4 Å². The van der Waals surface area contributed by atoms with E-state index in [2.05, 4.69) is 56.2 Å². The molecule has 1 saturated carbocycles. The van der Waals surface area contributed by atoms with E-state index in [1.54, 1.807) is 13.4 Å². The fourth-order valence-electron chi connectivity index (χ4n) is 5.14. The number of hydrogen-bond acceptors (Lipinski definition) is 9. The maximum absolute atomic E-state index is 5.52. The van der Waals surface area contributed by atoms with E-state index in [0.717, 1.165) is 68.8 Å². The zero-order chi connectivity index (χ0) is 24.5. The van der Waals surface area contributed by atoms with Crippen LogP contribution in [-0.4, -0.2) is 74.6 Å². The highest BCUT2D eigenvalue weighted by atomic mass is 16.5. The third-order valence-corrected chi connectivity index (χ3v) is 7.49. The highest BCUT2D eigenvalue weighted by Gasteiger charge is 2.27. The summed E-state index contributed by atoms with van der Waals surface area (Å²) in [5, 5.41) is 14.1. The normalized spacial score (nSPS) is 25.1. The minimum atomic E-state index is 0.243. The summed E-state index contributed by atoms with van der Waals surface area (Å²) in [6.45, 7) is 9.35. The van der Waals surface area contributed by atoms with Crippen LogP contribution in [0.5, 0.6) is 0 Å². The lowest BCUT2D eigenvalue weighted by Crippen LogP contribution is -2.42. The first kappa shape index (κ1) is 25.9. The molecule has 1 aromatic heterocycles. The summed E-state index contributed by atoms with van der Waals surface area (Å²) < 4.78 is 10.8. The number of nitrogens with zero attached hydrogens (tertiary/aromatic N) is 3. The van der Waals surface area contributed by atoms with Gasteiger partial charge in [0.05, 0.1) is 18.0 Å². The second kappa shape index (κ2) is 12.6. The van der Waals surface area contributed by atoms with Gasteiger partial charge >= 0.3 is 0 Å². The van der Waals surface area contributed by atoms with Gasteiger partial charge in [-0.3, -0.25) is 0 Å². The molecule has 1 atom stereocenters. The lowest BCUT2D eigenvalue weighted by molar-refractivity contribution is 0.0300. The largest absolute Gasteiger partial charge is 0.383 e. The van der Waals surface area contributed by atoms with Gasteiger partial charge in [-0.05, 0) is 56.8 Å². The summed E-state index contributed by atoms with van der Waals surface area (Å²) in [6.07, 6.45) is 10.7. The molecule has 3 heterocycles. The van der Waals surface area contributed by atoms with E-state index in [1.165, 1.54) is 25.7 Å². The minimum absolute atomic E-state index is 0.243. The van der Waals surface area contributed by atoms with Crippen molar-refractivity contribution in [3.8, 4) is 0 Å². The van der Waals surface area contributed by atoms with Crippen LogP contribution in [0.3, 0.4) is 0 Å². The fraction of sp³-hybridized carbons (Fsp3) is 0.731. The number of hydrogen-bond donors (Lipinski definition) is 4. The van der Waals surface area contributed by atoms with Crippen molar-refractivity contribution in [2.45, 2.75) is 64.5 Å². The Labute approximate surface area is 210 Å². The van der Waals surface area contributed by atoms with Crippen LogP contribution < -0.4 is 21.3 Å². The molecule has 9 nitrogen and oxygen atoms in total. The van der Waals surface area contributed by atoms with Gasteiger partial charge in [-0.1, -0.05) is 6.92 Å².